The number of nitrogens with one attached hydrogen (secondary N) is 1. The minimum Gasteiger partial charge on any atom is -0.478 e. The number of carbonyl (C=O) groups excluding carboxylic acids is 1. The van der Waals surface area contributed by atoms with E-state index in [1.54, 1.807) is 18.2 Å². The van der Waals surface area contributed by atoms with Gasteiger partial charge in [-0.15, -0.1) is 0 Å². The predicted octanol–water partition coefficient (Wildman–Crippen LogP) is 0.816. The van der Waals surface area contributed by atoms with Crippen molar-refractivity contribution in [2.24, 2.45) is 5.41 Å². The van der Waals surface area contributed by atoms with E-state index in [9.17, 15) is 9.59 Å². The van der Waals surface area contributed by atoms with Gasteiger partial charge in [0.1, 0.15) is 0 Å². The third-order valence-corrected chi connectivity index (χ3v) is 3.55. The summed E-state index contributed by atoms with van der Waals surface area (Å²) in [4.78, 5) is 22.8. The second kappa shape index (κ2) is 5.40. The van der Waals surface area contributed by atoms with Crippen LogP contribution in [-0.4, -0.2) is 35.2 Å². The molecular weight excluding hydrogens is 246 g/mol. The van der Waals surface area contributed by atoms with Gasteiger partial charge >= 0.3 is 5.97 Å². The topological polar surface area (TPSA) is 86.6 Å². The molecule has 1 amide bonds. The van der Waals surface area contributed by atoms with Gasteiger partial charge in [0.25, 0.3) is 0 Å². The molecule has 102 valence electrons. The first-order valence-electron chi connectivity index (χ1n) is 6.25. The van der Waals surface area contributed by atoms with Crippen LogP contribution in [0.3, 0.4) is 0 Å². The molecule has 1 fully saturated rings. The lowest BCUT2D eigenvalue weighted by Crippen LogP contribution is -2.33. The quantitative estimate of drug-likeness (QED) is 0.709. The van der Waals surface area contributed by atoms with Crippen LogP contribution >= 0.6 is 0 Å². The molecule has 19 heavy (non-hydrogen) atoms. The maximum absolute atomic E-state index is 11.8. The van der Waals surface area contributed by atoms with Crippen LogP contribution in [0.15, 0.2) is 24.3 Å². The second-order valence-corrected chi connectivity index (χ2v) is 5.07. The zero-order valence-electron chi connectivity index (χ0n) is 10.6. The van der Waals surface area contributed by atoms with E-state index < -0.39 is 5.97 Å². The van der Waals surface area contributed by atoms with Gasteiger partial charge < -0.3 is 15.5 Å². The number of aliphatic hydroxyl groups excluding tert-OH is 1. The summed E-state index contributed by atoms with van der Waals surface area (Å²) in [5.41, 5.74) is 0.518. The third-order valence-electron chi connectivity index (χ3n) is 3.55. The Morgan fingerprint density at radius 1 is 1.26 bits per heavy atom. The highest BCUT2D eigenvalue weighted by atomic mass is 16.4. The Morgan fingerprint density at radius 3 is 2.53 bits per heavy atom. The number of carboxylic acid groups (broad SMARTS) is 1. The molecule has 3 N–H and O–H groups in total. The lowest BCUT2D eigenvalue weighted by molar-refractivity contribution is -0.120. The number of hydrogen-bond donors (Lipinski definition) is 3. The molecule has 1 saturated carbocycles. The van der Waals surface area contributed by atoms with E-state index in [-0.39, 0.29) is 29.9 Å². The van der Waals surface area contributed by atoms with Crippen molar-refractivity contribution in [1.82, 2.24) is 5.32 Å². The van der Waals surface area contributed by atoms with E-state index in [2.05, 4.69) is 5.32 Å². The van der Waals surface area contributed by atoms with E-state index in [1.165, 1.54) is 6.07 Å². The Balaban J connectivity index is 1.93. The smallest absolute Gasteiger partial charge is 0.335 e. The molecule has 0 unspecified atom stereocenters. The third kappa shape index (κ3) is 3.32. The molecule has 0 saturated heterocycles. The molecule has 0 aliphatic heterocycles. The van der Waals surface area contributed by atoms with Gasteiger partial charge in [0.2, 0.25) is 5.91 Å². The highest BCUT2D eigenvalue weighted by Crippen LogP contribution is 2.44. The number of carbonyl (C=O) groups is 2. The Bertz CT molecular complexity index is 494. The molecule has 0 spiro atoms. The maximum Gasteiger partial charge on any atom is 0.335 e. The zero-order chi connectivity index (χ0) is 13.9. The molecule has 0 heterocycles. The van der Waals surface area contributed by atoms with E-state index in [0.717, 1.165) is 12.8 Å². The monoisotopic (exact) mass is 263 g/mol. The van der Waals surface area contributed by atoms with Crippen LogP contribution in [0.25, 0.3) is 0 Å². The summed E-state index contributed by atoms with van der Waals surface area (Å²) in [6.07, 6.45) is 1.90. The normalized spacial score (nSPS) is 15.8. The van der Waals surface area contributed by atoms with Crippen LogP contribution in [0.4, 0.5) is 0 Å². The van der Waals surface area contributed by atoms with Gasteiger partial charge in [0.15, 0.2) is 0 Å². The minimum absolute atomic E-state index is 0.0456. The summed E-state index contributed by atoms with van der Waals surface area (Å²) in [6, 6.07) is 6.48. The molecule has 0 aromatic heterocycles. The number of carboxylic acids is 1. The molecular formula is C14H17NO4. The van der Waals surface area contributed by atoms with E-state index >= 15 is 0 Å². The fourth-order valence-corrected chi connectivity index (χ4v) is 1.97. The predicted molar refractivity (Wildman–Crippen MR) is 68.9 cm³/mol. The largest absolute Gasteiger partial charge is 0.478 e. The highest BCUT2D eigenvalue weighted by molar-refractivity contribution is 5.91. The van der Waals surface area contributed by atoms with Crippen LogP contribution in [0, 0.1) is 5.41 Å². The average molecular weight is 263 g/mol. The number of benzene rings is 1. The first-order valence-corrected chi connectivity index (χ1v) is 6.25. The fraction of sp³-hybridized carbons (Fsp3) is 0.429. The number of hydrogen-bond acceptors (Lipinski definition) is 3. The molecule has 1 aromatic carbocycles. The molecule has 5 heteroatoms. The molecule has 2 rings (SSSR count). The van der Waals surface area contributed by atoms with Crippen molar-refractivity contribution in [3.05, 3.63) is 35.4 Å². The van der Waals surface area contributed by atoms with Crippen molar-refractivity contribution >= 4 is 11.9 Å². The van der Waals surface area contributed by atoms with E-state index in [4.69, 9.17) is 10.2 Å². The second-order valence-electron chi connectivity index (χ2n) is 5.07. The number of aliphatic hydroxyl groups is 1. The Kier molecular flexibility index (Phi) is 3.85. The standard InChI is InChI=1S/C14H17NO4/c16-9-14(5-6-14)8-15-12(17)7-10-3-1-2-4-11(10)13(18)19/h1-4,16H,5-9H2,(H,15,17)(H,18,19). The summed E-state index contributed by atoms with van der Waals surface area (Å²) >= 11 is 0. The number of rotatable bonds is 6. The molecule has 5 nitrogen and oxygen atoms in total. The molecule has 0 bridgehead atoms. The molecule has 0 radical (unpaired) electrons. The SMILES string of the molecule is O=C(Cc1ccccc1C(=O)O)NCC1(CO)CC1. The van der Waals surface area contributed by atoms with Crippen molar-refractivity contribution in [2.75, 3.05) is 13.2 Å². The average Bonchev–Trinajstić information content (AvgIpc) is 3.17. The molecule has 1 aliphatic rings. The first-order chi connectivity index (χ1) is 9.06. The van der Waals surface area contributed by atoms with E-state index in [0.29, 0.717) is 12.1 Å². The lowest BCUT2D eigenvalue weighted by atomic mass is 10.0. The molecule has 1 aliphatic carbocycles. The fourth-order valence-electron chi connectivity index (χ4n) is 1.97. The zero-order valence-corrected chi connectivity index (χ0v) is 10.6. The highest BCUT2D eigenvalue weighted by Gasteiger charge is 2.42. The van der Waals surface area contributed by atoms with Crippen molar-refractivity contribution < 1.29 is 19.8 Å². The van der Waals surface area contributed by atoms with Gasteiger partial charge in [-0.05, 0) is 24.5 Å². The van der Waals surface area contributed by atoms with Gasteiger partial charge in [0, 0.05) is 12.0 Å². The minimum atomic E-state index is -1.03. The maximum atomic E-state index is 11.8. The van der Waals surface area contributed by atoms with Crippen LogP contribution < -0.4 is 5.32 Å². The van der Waals surface area contributed by atoms with E-state index in [1.807, 2.05) is 0 Å². The van der Waals surface area contributed by atoms with Gasteiger partial charge in [-0.2, -0.15) is 0 Å². The summed E-state index contributed by atoms with van der Waals surface area (Å²) in [7, 11) is 0. The molecule has 0 atom stereocenters. The van der Waals surface area contributed by atoms with Gasteiger partial charge in [-0.1, -0.05) is 18.2 Å². The van der Waals surface area contributed by atoms with Crippen molar-refractivity contribution in [2.45, 2.75) is 19.3 Å². The van der Waals surface area contributed by atoms with Gasteiger partial charge in [0.05, 0.1) is 18.6 Å². The number of amides is 1. The lowest BCUT2D eigenvalue weighted by Gasteiger charge is -2.13. The summed E-state index contributed by atoms with van der Waals surface area (Å²) in [6.45, 7) is 0.538. The van der Waals surface area contributed by atoms with Crippen LogP contribution in [0.5, 0.6) is 0 Å². The van der Waals surface area contributed by atoms with Crippen molar-refractivity contribution in [1.29, 1.82) is 0 Å². The summed E-state index contributed by atoms with van der Waals surface area (Å²) < 4.78 is 0. The summed E-state index contributed by atoms with van der Waals surface area (Å²) in [5.74, 6) is -1.24. The van der Waals surface area contributed by atoms with Gasteiger partial charge in [-0.25, -0.2) is 4.79 Å². The first kappa shape index (κ1) is 13.5. The number of aromatic carboxylic acids is 1. The van der Waals surface area contributed by atoms with Crippen LogP contribution in [-0.2, 0) is 11.2 Å². The molecule has 1 aromatic rings. The van der Waals surface area contributed by atoms with Gasteiger partial charge in [-0.3, -0.25) is 4.79 Å². The van der Waals surface area contributed by atoms with Crippen LogP contribution in [0.2, 0.25) is 0 Å². The summed E-state index contributed by atoms with van der Waals surface area (Å²) in [5, 5.41) is 20.9. The Morgan fingerprint density at radius 2 is 1.95 bits per heavy atom. The Hall–Kier alpha value is -1.88. The van der Waals surface area contributed by atoms with Crippen LogP contribution in [0.1, 0.15) is 28.8 Å². The Labute approximate surface area is 111 Å². The van der Waals surface area contributed by atoms with Crippen molar-refractivity contribution in [3.63, 3.8) is 0 Å². The van der Waals surface area contributed by atoms with Crippen molar-refractivity contribution in [3.8, 4) is 0 Å².